The molecule has 1 aromatic carbocycles. The predicted molar refractivity (Wildman–Crippen MR) is 171 cm³/mol. The van der Waals surface area contributed by atoms with E-state index >= 15 is 0 Å². The number of carbonyl (C=O) groups excluding carboxylic acids is 4. The van der Waals surface area contributed by atoms with Gasteiger partial charge in [0.25, 0.3) is 0 Å². The Morgan fingerprint density at radius 2 is 1.91 bits per heavy atom. The number of nitrogens with zero attached hydrogens (tertiary/aromatic N) is 2. The van der Waals surface area contributed by atoms with Crippen LogP contribution >= 0.6 is 15.9 Å². The Morgan fingerprint density at radius 3 is 2.58 bits per heavy atom. The van der Waals surface area contributed by atoms with Crippen LogP contribution in [-0.4, -0.2) is 93.5 Å². The molecule has 4 aliphatic rings. The molecule has 5 rings (SSSR count). The molecule has 0 radical (unpaired) electrons. The Morgan fingerprint density at radius 1 is 1.18 bits per heavy atom. The van der Waals surface area contributed by atoms with Crippen LogP contribution in [0.2, 0.25) is 0 Å². The monoisotopic (exact) mass is 685 g/mol. The van der Waals surface area contributed by atoms with Crippen molar-refractivity contribution in [2.24, 2.45) is 11.8 Å². The van der Waals surface area contributed by atoms with E-state index in [9.17, 15) is 24.3 Å². The van der Waals surface area contributed by atoms with E-state index in [2.05, 4.69) is 34.4 Å². The van der Waals surface area contributed by atoms with Gasteiger partial charge in [0.1, 0.15) is 17.7 Å². The quantitative estimate of drug-likeness (QED) is 0.175. The van der Waals surface area contributed by atoms with Crippen molar-refractivity contribution in [1.82, 2.24) is 15.1 Å². The number of nitrogens with one attached hydrogen (secondary N) is 1. The summed E-state index contributed by atoms with van der Waals surface area (Å²) >= 11 is 3.70. The fourth-order valence-electron chi connectivity index (χ4n) is 7.78. The number of carbonyl (C=O) groups is 4. The van der Waals surface area contributed by atoms with Crippen molar-refractivity contribution in [2.45, 2.75) is 86.1 Å². The Bertz CT molecular complexity index is 1270. The molecule has 1 aromatic rings. The van der Waals surface area contributed by atoms with Crippen LogP contribution in [0.4, 0.5) is 0 Å². The number of hydrogen-bond acceptors (Lipinski definition) is 7. The lowest BCUT2D eigenvalue weighted by molar-refractivity contribution is -0.160. The van der Waals surface area contributed by atoms with E-state index in [1.165, 1.54) is 4.90 Å². The molecule has 11 heteroatoms. The van der Waals surface area contributed by atoms with Crippen molar-refractivity contribution in [3.8, 4) is 0 Å². The first-order valence-electron chi connectivity index (χ1n) is 16.0. The third kappa shape index (κ3) is 6.49. The lowest BCUT2D eigenvalue weighted by atomic mass is 9.70. The van der Waals surface area contributed by atoms with Crippen molar-refractivity contribution in [3.63, 3.8) is 0 Å². The zero-order valence-corrected chi connectivity index (χ0v) is 27.2. The second-order valence-corrected chi connectivity index (χ2v) is 13.6. The number of amides is 3. The summed E-state index contributed by atoms with van der Waals surface area (Å²) in [6, 6.07) is 8.17. The molecule has 0 aromatic heterocycles. The Labute approximate surface area is 273 Å². The average molecular weight is 687 g/mol. The van der Waals surface area contributed by atoms with Crippen LogP contribution < -0.4 is 5.32 Å². The second kappa shape index (κ2) is 14.6. The van der Waals surface area contributed by atoms with Gasteiger partial charge in [-0.15, -0.1) is 13.2 Å². The third-order valence-corrected chi connectivity index (χ3v) is 10.6. The largest absolute Gasteiger partial charge is 0.455 e. The summed E-state index contributed by atoms with van der Waals surface area (Å²) in [7, 11) is 0. The summed E-state index contributed by atoms with van der Waals surface area (Å²) < 4.78 is 12.7. The molecule has 45 heavy (non-hydrogen) atoms. The molecule has 1 unspecified atom stereocenters. The van der Waals surface area contributed by atoms with Crippen LogP contribution in [-0.2, 0) is 28.7 Å². The van der Waals surface area contributed by atoms with Crippen LogP contribution in [0.25, 0.3) is 0 Å². The minimum absolute atomic E-state index is 0.0261. The molecule has 3 amide bonds. The van der Waals surface area contributed by atoms with Gasteiger partial charge in [0.15, 0.2) is 0 Å². The predicted octanol–water partition coefficient (Wildman–Crippen LogP) is 3.44. The number of β-amino-alcohol motifs (C(OH)–C–C–N with tert-alkyl or cyclic N) is 1. The highest BCUT2D eigenvalue weighted by Gasteiger charge is 2.77. The number of hydrogen-bond donors (Lipinski definition) is 2. The van der Waals surface area contributed by atoms with Crippen molar-refractivity contribution in [1.29, 1.82) is 0 Å². The highest BCUT2D eigenvalue weighted by molar-refractivity contribution is 9.09. The van der Waals surface area contributed by atoms with E-state index in [1.807, 2.05) is 35.2 Å². The molecule has 2 N–H and O–H groups in total. The van der Waals surface area contributed by atoms with Crippen molar-refractivity contribution in [3.05, 3.63) is 61.2 Å². The normalized spacial score (nSPS) is 29.6. The van der Waals surface area contributed by atoms with Gasteiger partial charge >= 0.3 is 5.97 Å². The fraction of sp³-hybridized carbons (Fsp3) is 0.588. The van der Waals surface area contributed by atoms with Gasteiger partial charge in [-0.25, -0.2) is 0 Å². The van der Waals surface area contributed by atoms with Crippen LogP contribution in [0.5, 0.6) is 0 Å². The summed E-state index contributed by atoms with van der Waals surface area (Å²) in [6.45, 7) is 7.55. The summed E-state index contributed by atoms with van der Waals surface area (Å²) in [4.78, 5) is 58.1. The Hall–Kier alpha value is -3.02. The van der Waals surface area contributed by atoms with Crippen LogP contribution in [0.1, 0.15) is 63.0 Å². The Balaban J connectivity index is 1.43. The number of aliphatic hydroxyl groups is 1. The van der Waals surface area contributed by atoms with Gasteiger partial charge in [-0.1, -0.05) is 77.7 Å². The van der Waals surface area contributed by atoms with E-state index in [-0.39, 0.29) is 54.7 Å². The number of likely N-dealkylation sites (tertiary alicyclic amines) is 1. The number of alkyl halides is 1. The SMILES string of the molecule is C=CCCC(=O)NC[C@@H](OC(=O)[C@@H]1[C@H]2O[C@@]3(CC2Br)[C@H](C(=O)N(CC=C)C2CCCCC2)N(CCO)C(=O)[C@@H]13)c1ccccc1. The number of esters is 1. The molecular formula is C34H44BrN3O7. The molecule has 4 fully saturated rings. The minimum atomic E-state index is -1.25. The second-order valence-electron chi connectivity index (χ2n) is 12.5. The Kier molecular flexibility index (Phi) is 10.8. The van der Waals surface area contributed by atoms with Gasteiger partial charge in [-0.3, -0.25) is 19.2 Å². The highest BCUT2D eigenvalue weighted by atomic mass is 79.9. The number of aliphatic hydroxyl groups excluding tert-OH is 1. The number of rotatable bonds is 14. The fourth-order valence-corrected chi connectivity index (χ4v) is 8.72. The van der Waals surface area contributed by atoms with E-state index in [1.54, 1.807) is 12.2 Å². The van der Waals surface area contributed by atoms with Crippen molar-refractivity contribution in [2.75, 3.05) is 26.2 Å². The zero-order chi connectivity index (χ0) is 32.1. The van der Waals surface area contributed by atoms with Crippen LogP contribution in [0, 0.1) is 11.8 Å². The first kappa shape index (κ1) is 33.3. The molecular weight excluding hydrogens is 642 g/mol. The lowest BCUT2D eigenvalue weighted by Gasteiger charge is -2.40. The molecule has 7 atom stereocenters. The smallest absolute Gasteiger partial charge is 0.313 e. The lowest BCUT2D eigenvalue weighted by Crippen LogP contribution is -2.59. The molecule has 3 saturated heterocycles. The third-order valence-electron chi connectivity index (χ3n) is 9.75. The molecule has 3 heterocycles. The summed E-state index contributed by atoms with van der Waals surface area (Å²) in [6.07, 6.45) is 7.97. The maximum absolute atomic E-state index is 14.5. The van der Waals surface area contributed by atoms with E-state index in [0.717, 1.165) is 32.1 Å². The topological polar surface area (TPSA) is 125 Å². The van der Waals surface area contributed by atoms with Gasteiger partial charge in [0.2, 0.25) is 17.7 Å². The standard InChI is InChI=1S/C34H44BrN3O7/c1-3-5-16-26(40)36-21-25(22-12-8-6-9-13-22)44-33(43)27-28-31(41)38(18-19-39)30(34(28)20-24(35)29(27)45-34)32(42)37(17-4-2)23-14-10-7-11-15-23/h3-4,6,8-9,12-13,23-25,27-30,39H,1-2,5,7,10-11,14-21H2,(H,36,40)/t24?,25-,27+,28-,29+,30+,34-/m1/s1. The number of benzene rings is 1. The molecule has 244 valence electrons. The molecule has 1 saturated carbocycles. The highest BCUT2D eigenvalue weighted by Crippen LogP contribution is 2.60. The summed E-state index contributed by atoms with van der Waals surface area (Å²) in [5.74, 6) is -3.35. The van der Waals surface area contributed by atoms with E-state index in [4.69, 9.17) is 9.47 Å². The number of halogens is 1. The molecule has 10 nitrogen and oxygen atoms in total. The van der Waals surface area contributed by atoms with Crippen LogP contribution in [0.3, 0.4) is 0 Å². The number of fused-ring (bicyclic) bond motifs is 1. The maximum Gasteiger partial charge on any atom is 0.313 e. The van der Waals surface area contributed by atoms with Crippen molar-refractivity contribution >= 4 is 39.6 Å². The number of allylic oxidation sites excluding steroid dienone is 1. The van der Waals surface area contributed by atoms with Crippen molar-refractivity contribution < 1.29 is 33.8 Å². The molecule has 1 aliphatic carbocycles. The summed E-state index contributed by atoms with van der Waals surface area (Å²) in [5.41, 5.74) is -0.550. The van der Waals surface area contributed by atoms with Gasteiger partial charge in [-0.2, -0.15) is 0 Å². The minimum Gasteiger partial charge on any atom is -0.455 e. The first-order valence-corrected chi connectivity index (χ1v) is 17.0. The van der Waals surface area contributed by atoms with Gasteiger partial charge < -0.3 is 29.7 Å². The number of ether oxygens (including phenoxy) is 2. The molecule has 3 aliphatic heterocycles. The zero-order valence-electron chi connectivity index (χ0n) is 25.7. The molecule has 2 bridgehead atoms. The van der Waals surface area contributed by atoms with E-state index in [0.29, 0.717) is 24.9 Å². The van der Waals surface area contributed by atoms with Gasteiger partial charge in [0, 0.05) is 30.4 Å². The van der Waals surface area contributed by atoms with Gasteiger partial charge in [-0.05, 0) is 31.2 Å². The molecule has 1 spiro atoms. The maximum atomic E-state index is 14.5. The van der Waals surface area contributed by atoms with E-state index < -0.39 is 41.7 Å². The average Bonchev–Trinajstić information content (AvgIpc) is 3.64. The summed E-state index contributed by atoms with van der Waals surface area (Å²) in [5, 5.41) is 12.8. The van der Waals surface area contributed by atoms with Crippen LogP contribution in [0.15, 0.2) is 55.6 Å². The van der Waals surface area contributed by atoms with Gasteiger partial charge in [0.05, 0.1) is 31.1 Å². The first-order chi connectivity index (χ1) is 21.8.